The lowest BCUT2D eigenvalue weighted by Crippen LogP contribution is -2.35. The minimum Gasteiger partial charge on any atom is -0.493 e. The average molecular weight is 443 g/mol. The van der Waals surface area contributed by atoms with Crippen molar-refractivity contribution >= 4 is 30.2 Å². The van der Waals surface area contributed by atoms with Crippen LogP contribution in [0.15, 0.2) is 32.7 Å². The second-order valence-corrected chi connectivity index (χ2v) is 10.7. The fourth-order valence-corrected chi connectivity index (χ4v) is 6.33. The van der Waals surface area contributed by atoms with Gasteiger partial charge in [-0.05, 0) is 86.3 Å². The summed E-state index contributed by atoms with van der Waals surface area (Å²) in [7, 11) is 0.0855. The van der Waals surface area contributed by atoms with Gasteiger partial charge in [0.05, 0.1) is 13.2 Å². The van der Waals surface area contributed by atoms with Gasteiger partial charge in [0.2, 0.25) is 0 Å². The summed E-state index contributed by atoms with van der Waals surface area (Å²) in [5, 5.41) is 2.05. The fraction of sp³-hybridized carbons (Fsp3) is 0.538. The minimum atomic E-state index is -1.60. The Kier molecular flexibility index (Phi) is 6.42. The molecule has 0 radical (unpaired) electrons. The maximum atomic E-state index is 6.65. The molecule has 5 heteroatoms. The van der Waals surface area contributed by atoms with E-state index < -0.39 is 8.24 Å². The topological polar surface area (TPSA) is 44.7 Å². The van der Waals surface area contributed by atoms with Crippen molar-refractivity contribution in [3.8, 4) is 5.75 Å². The highest BCUT2D eigenvalue weighted by atomic mass is 31.1. The molecule has 4 nitrogen and oxygen atoms in total. The molecule has 1 heterocycles. The van der Waals surface area contributed by atoms with Crippen molar-refractivity contribution in [2.24, 2.45) is 17.8 Å². The Labute approximate surface area is 186 Å². The van der Waals surface area contributed by atoms with Crippen LogP contribution in [0.2, 0.25) is 0 Å². The highest BCUT2D eigenvalue weighted by Crippen LogP contribution is 2.43. The molecule has 2 aromatic carbocycles. The molecule has 0 N–H and O–H groups in total. The van der Waals surface area contributed by atoms with Crippen molar-refractivity contribution in [1.82, 2.24) is 0 Å². The Hall–Kier alpha value is -1.90. The SMILES string of the molecule is COc1cc(C)cc2c1op(OC1CC(C)CCC1C(C)C)oc1c(C)cc(C)cc12. The molecule has 0 amide bonds. The van der Waals surface area contributed by atoms with E-state index in [9.17, 15) is 0 Å². The zero-order valence-corrected chi connectivity index (χ0v) is 20.7. The number of aryl methyl sites for hydroxylation is 3. The van der Waals surface area contributed by atoms with Crippen LogP contribution in [-0.4, -0.2) is 13.2 Å². The second-order valence-electron chi connectivity index (χ2n) is 9.68. The van der Waals surface area contributed by atoms with Gasteiger partial charge in [-0.15, -0.1) is 0 Å². The van der Waals surface area contributed by atoms with Crippen LogP contribution in [0.25, 0.3) is 21.9 Å². The molecular formula is C26H35O4P. The highest BCUT2D eigenvalue weighted by molar-refractivity contribution is 7.31. The van der Waals surface area contributed by atoms with E-state index in [0.717, 1.165) is 39.7 Å². The highest BCUT2D eigenvalue weighted by Gasteiger charge is 2.33. The molecule has 31 heavy (non-hydrogen) atoms. The lowest BCUT2D eigenvalue weighted by atomic mass is 9.75. The summed E-state index contributed by atoms with van der Waals surface area (Å²) in [6.45, 7) is 13.2. The third-order valence-electron chi connectivity index (χ3n) is 6.64. The van der Waals surface area contributed by atoms with Crippen LogP contribution in [-0.2, 0) is 0 Å². The maximum Gasteiger partial charge on any atom is 0.387 e. The Balaban J connectivity index is 1.96. The maximum absolute atomic E-state index is 6.65. The Morgan fingerprint density at radius 2 is 1.58 bits per heavy atom. The van der Waals surface area contributed by atoms with Gasteiger partial charge in [0.1, 0.15) is 5.58 Å². The van der Waals surface area contributed by atoms with E-state index in [1.807, 2.05) is 6.07 Å². The molecule has 3 aromatic rings. The first-order valence-corrected chi connectivity index (χ1v) is 12.5. The molecule has 1 saturated carbocycles. The predicted molar refractivity (Wildman–Crippen MR) is 129 cm³/mol. The smallest absolute Gasteiger partial charge is 0.387 e. The van der Waals surface area contributed by atoms with E-state index in [0.29, 0.717) is 23.3 Å². The molecule has 0 bridgehead atoms. The molecule has 4 atom stereocenters. The summed E-state index contributed by atoms with van der Waals surface area (Å²) >= 11 is 0. The van der Waals surface area contributed by atoms with E-state index in [1.54, 1.807) is 7.11 Å². The van der Waals surface area contributed by atoms with Gasteiger partial charge >= 0.3 is 8.24 Å². The number of ether oxygens (including phenoxy) is 1. The largest absolute Gasteiger partial charge is 0.493 e. The van der Waals surface area contributed by atoms with Gasteiger partial charge in [-0.2, -0.15) is 0 Å². The number of hydrogen-bond donors (Lipinski definition) is 0. The van der Waals surface area contributed by atoms with Crippen molar-refractivity contribution in [3.05, 3.63) is 41.0 Å². The summed E-state index contributed by atoms with van der Waals surface area (Å²) in [5.74, 6) is 2.47. The van der Waals surface area contributed by atoms with Crippen LogP contribution >= 0.6 is 8.24 Å². The van der Waals surface area contributed by atoms with Crippen molar-refractivity contribution < 1.29 is 17.7 Å². The summed E-state index contributed by atoms with van der Waals surface area (Å²) in [6.07, 6.45) is 3.65. The Bertz CT molecular complexity index is 1130. The molecular weight excluding hydrogens is 407 g/mol. The van der Waals surface area contributed by atoms with Crippen LogP contribution in [0.5, 0.6) is 5.75 Å². The molecule has 4 rings (SSSR count). The minimum absolute atomic E-state index is 0.141. The van der Waals surface area contributed by atoms with Crippen molar-refractivity contribution in [3.63, 3.8) is 0 Å². The van der Waals surface area contributed by atoms with Crippen molar-refractivity contribution in [1.29, 1.82) is 0 Å². The number of benzene rings is 2. The van der Waals surface area contributed by atoms with Gasteiger partial charge in [0.15, 0.2) is 11.3 Å². The summed E-state index contributed by atoms with van der Waals surface area (Å²) in [4.78, 5) is 0. The first-order chi connectivity index (χ1) is 14.8. The third-order valence-corrected chi connectivity index (χ3v) is 7.75. The Morgan fingerprint density at radius 1 is 0.935 bits per heavy atom. The van der Waals surface area contributed by atoms with Crippen LogP contribution in [0.1, 0.15) is 56.7 Å². The third kappa shape index (κ3) is 4.52. The zero-order chi connectivity index (χ0) is 22.3. The molecule has 1 aliphatic carbocycles. The number of fused-ring (bicyclic) bond motifs is 3. The summed E-state index contributed by atoms with van der Waals surface area (Å²) < 4.78 is 25.3. The van der Waals surface area contributed by atoms with Crippen LogP contribution in [0, 0.1) is 38.5 Å². The predicted octanol–water partition coefficient (Wildman–Crippen LogP) is 8.11. The molecule has 168 valence electrons. The van der Waals surface area contributed by atoms with Crippen LogP contribution in [0.3, 0.4) is 0 Å². The normalized spacial score (nSPS) is 22.3. The van der Waals surface area contributed by atoms with Crippen LogP contribution in [0.4, 0.5) is 0 Å². The molecule has 0 aliphatic heterocycles. The Morgan fingerprint density at radius 3 is 2.26 bits per heavy atom. The van der Waals surface area contributed by atoms with Gasteiger partial charge in [0.25, 0.3) is 0 Å². The van der Waals surface area contributed by atoms with E-state index in [1.165, 1.54) is 18.4 Å². The number of methoxy groups -OCH3 is 1. The van der Waals surface area contributed by atoms with E-state index in [2.05, 4.69) is 59.7 Å². The fourth-order valence-electron chi connectivity index (χ4n) is 5.02. The van der Waals surface area contributed by atoms with Gasteiger partial charge < -0.3 is 13.1 Å². The van der Waals surface area contributed by atoms with Gasteiger partial charge in [-0.3, -0.25) is 4.52 Å². The average Bonchev–Trinajstić information content (AvgIpc) is 2.84. The summed E-state index contributed by atoms with van der Waals surface area (Å²) in [5.41, 5.74) is 4.98. The molecule has 1 fully saturated rings. The quantitative estimate of drug-likeness (QED) is 0.409. The van der Waals surface area contributed by atoms with Crippen molar-refractivity contribution in [2.75, 3.05) is 7.11 Å². The first-order valence-electron chi connectivity index (χ1n) is 11.4. The van der Waals surface area contributed by atoms with E-state index >= 15 is 0 Å². The second kappa shape index (κ2) is 8.92. The standard InChI is InChI=1S/C26H35O4P/c1-15(2)20-9-8-16(3)13-23(20)28-31-29-25-19(6)10-17(4)11-21(25)22-12-18(5)14-24(27-7)26(22)30-31/h10-12,14-16,20,23H,8-9,13H2,1-7H3. The monoisotopic (exact) mass is 442 g/mol. The molecule has 4 unspecified atom stereocenters. The number of hydrogen-bond acceptors (Lipinski definition) is 4. The lowest BCUT2D eigenvalue weighted by molar-refractivity contribution is 0.0746. The lowest BCUT2D eigenvalue weighted by Gasteiger charge is -2.35. The number of rotatable bonds is 4. The summed E-state index contributed by atoms with van der Waals surface area (Å²) in [6, 6.07) is 8.49. The molecule has 0 saturated heterocycles. The van der Waals surface area contributed by atoms with E-state index in [-0.39, 0.29) is 6.10 Å². The van der Waals surface area contributed by atoms with Gasteiger partial charge in [-0.25, -0.2) is 0 Å². The molecule has 0 spiro atoms. The first kappa shape index (κ1) is 22.3. The van der Waals surface area contributed by atoms with Crippen LogP contribution < -0.4 is 9.26 Å². The van der Waals surface area contributed by atoms with Gasteiger partial charge in [0, 0.05) is 10.8 Å². The van der Waals surface area contributed by atoms with E-state index in [4.69, 9.17) is 17.7 Å². The van der Waals surface area contributed by atoms with Crippen molar-refractivity contribution in [2.45, 2.75) is 66.9 Å². The molecule has 1 aliphatic rings. The molecule has 1 aromatic heterocycles. The van der Waals surface area contributed by atoms with Gasteiger partial charge in [-0.1, -0.05) is 33.3 Å². The zero-order valence-electron chi connectivity index (χ0n) is 19.8.